The van der Waals surface area contributed by atoms with Crippen LogP contribution in [0.2, 0.25) is 0 Å². The molecule has 0 saturated carbocycles. The van der Waals surface area contributed by atoms with Crippen LogP contribution < -0.4 is 0 Å². The van der Waals surface area contributed by atoms with Crippen molar-refractivity contribution in [1.82, 2.24) is 70.5 Å². The van der Waals surface area contributed by atoms with Gasteiger partial charge in [-0.3, -0.25) is 9.97 Å². The van der Waals surface area contributed by atoms with Gasteiger partial charge in [0.15, 0.2) is 0 Å². The molecule has 5 rings (SSSR count). The minimum atomic E-state index is 0. The Morgan fingerprint density at radius 2 is 0.804 bits per heavy atom. The largest absolute Gasteiger partial charge is 0.261 e. The summed E-state index contributed by atoms with van der Waals surface area (Å²) in [4.78, 5) is 30.2. The molecule has 0 atom stereocenters. The summed E-state index contributed by atoms with van der Waals surface area (Å²) in [5.74, 6) is 1.47. The predicted octanol–water partition coefficient (Wildman–Crippen LogP) is 10.5. The molecule has 0 radical (unpaired) electrons. The van der Waals surface area contributed by atoms with Crippen molar-refractivity contribution in [3.8, 4) is 0 Å². The molecule has 298 valence electrons. The van der Waals surface area contributed by atoms with Gasteiger partial charge in [0.25, 0.3) is 0 Å². The van der Waals surface area contributed by atoms with Gasteiger partial charge in [0, 0.05) is 24.8 Å². The van der Waals surface area contributed by atoms with E-state index in [2.05, 4.69) is 70.5 Å². The zero-order valence-electron chi connectivity index (χ0n) is 30.1. The zero-order valence-corrected chi connectivity index (χ0v) is 30.1. The Bertz CT molecular complexity index is 911. The molecule has 0 aliphatic heterocycles. The molecule has 14 heteroatoms. The van der Waals surface area contributed by atoms with Crippen molar-refractivity contribution in [2.75, 3.05) is 0 Å². The third-order valence-corrected chi connectivity index (χ3v) is 3.13. The van der Waals surface area contributed by atoms with Gasteiger partial charge in [0.2, 0.25) is 0 Å². The fraction of sp³-hybridized carbons (Fsp3) is 0.568. The Kier molecular flexibility index (Phi) is 106. The van der Waals surface area contributed by atoms with Gasteiger partial charge in [0.1, 0.15) is 37.0 Å². The van der Waals surface area contributed by atoms with Crippen molar-refractivity contribution >= 4 is 0 Å². The number of aryl methyl sites for hydroxylation is 5. The van der Waals surface area contributed by atoms with E-state index in [9.17, 15) is 0 Å². The quantitative estimate of drug-likeness (QED) is 0.147. The maximum Gasteiger partial charge on any atom is 0.147 e. The van der Waals surface area contributed by atoms with Gasteiger partial charge in [-0.1, -0.05) is 114 Å². The van der Waals surface area contributed by atoms with Gasteiger partial charge < -0.3 is 0 Å². The molecule has 5 aromatic rings. The molecule has 0 N–H and O–H groups in total. The Hall–Kier alpha value is -4.88. The molecule has 0 aliphatic carbocycles. The van der Waals surface area contributed by atoms with Gasteiger partial charge in [0.05, 0.1) is 35.7 Å². The second-order valence-electron chi connectivity index (χ2n) is 6.22. The fourth-order valence-corrected chi connectivity index (χ4v) is 1.59. The second kappa shape index (κ2) is 71.2. The Labute approximate surface area is 315 Å². The summed E-state index contributed by atoms with van der Waals surface area (Å²) in [5, 5.41) is 21.4. The third-order valence-electron chi connectivity index (χ3n) is 3.13. The van der Waals surface area contributed by atoms with Gasteiger partial charge >= 0.3 is 0 Å². The molecule has 0 aromatic carbocycles. The van der Waals surface area contributed by atoms with E-state index < -0.39 is 0 Å². The van der Waals surface area contributed by atoms with Crippen LogP contribution in [-0.4, -0.2) is 70.5 Å². The molecule has 0 unspecified atom stereocenters. The molecule has 0 amide bonds. The highest BCUT2D eigenvalue weighted by atomic mass is 15.1. The van der Waals surface area contributed by atoms with Gasteiger partial charge in [-0.2, -0.15) is 15.3 Å². The first-order chi connectivity index (χ1) is 22.0. The Morgan fingerprint density at radius 3 is 1.00 bits per heavy atom. The van der Waals surface area contributed by atoms with Gasteiger partial charge in [-0.15, -0.1) is 15.3 Å². The van der Waals surface area contributed by atoms with Gasteiger partial charge in [-0.05, 0) is 34.6 Å². The lowest BCUT2D eigenvalue weighted by Gasteiger charge is -1.81. The van der Waals surface area contributed by atoms with Crippen LogP contribution in [0.3, 0.4) is 0 Å². The Morgan fingerprint density at radius 1 is 0.314 bits per heavy atom. The lowest BCUT2D eigenvalue weighted by atomic mass is 10.5. The SMILES string of the molecule is C.C.C.C.C.C.CC.CC.CC.CC.CC.Cc1cnccn1.Cc1cncnn1.Cc1cnncn1.Cc1nccnn1.Cc1ncncn1. The maximum absolute atomic E-state index is 3.92. The monoisotopic (exact) mass is 721 g/mol. The van der Waals surface area contributed by atoms with E-state index >= 15 is 0 Å². The molecule has 0 bridgehead atoms. The normalized spacial score (nSPS) is 6.57. The first kappa shape index (κ1) is 76.1. The highest BCUT2D eigenvalue weighted by Gasteiger charge is 1.78. The first-order valence-corrected chi connectivity index (χ1v) is 15.1. The number of hydrogen-bond donors (Lipinski definition) is 0. The average molecular weight is 721 g/mol. The van der Waals surface area contributed by atoms with Crippen molar-refractivity contribution in [1.29, 1.82) is 0 Å². The summed E-state index contributed by atoms with van der Waals surface area (Å²) in [5.41, 5.74) is 2.71. The number of rotatable bonds is 0. The molecule has 5 heterocycles. The molecule has 5 aromatic heterocycles. The van der Waals surface area contributed by atoms with Crippen LogP contribution in [0.25, 0.3) is 0 Å². The smallest absolute Gasteiger partial charge is 0.147 e. The van der Waals surface area contributed by atoms with Crippen molar-refractivity contribution < 1.29 is 0 Å². The highest BCUT2D eigenvalue weighted by molar-refractivity contribution is 4.89. The van der Waals surface area contributed by atoms with Crippen molar-refractivity contribution in [2.24, 2.45) is 0 Å². The highest BCUT2D eigenvalue weighted by Crippen LogP contribution is 1.81. The summed E-state index contributed by atoms with van der Waals surface area (Å²) in [6, 6.07) is 0. The van der Waals surface area contributed by atoms with E-state index in [1.807, 2.05) is 96.9 Å². The van der Waals surface area contributed by atoms with E-state index in [1.165, 1.54) is 25.3 Å². The molecule has 0 aliphatic rings. The minimum Gasteiger partial charge on any atom is -0.261 e. The molecule has 51 heavy (non-hydrogen) atoms. The van der Waals surface area contributed by atoms with Gasteiger partial charge in [-0.25, -0.2) is 29.9 Å². The topological polar surface area (TPSA) is 180 Å². The summed E-state index contributed by atoms with van der Waals surface area (Å²) < 4.78 is 0. The van der Waals surface area contributed by atoms with Crippen LogP contribution in [0.5, 0.6) is 0 Å². The molecule has 0 spiro atoms. The Balaban J connectivity index is -0.0000000399. The second-order valence-corrected chi connectivity index (χ2v) is 6.22. The lowest BCUT2D eigenvalue weighted by molar-refractivity contribution is 0.907. The molecule has 0 saturated heterocycles. The lowest BCUT2D eigenvalue weighted by Crippen LogP contribution is -1.85. The minimum absolute atomic E-state index is 0. The summed E-state index contributed by atoms with van der Waals surface area (Å²) in [6.07, 6.45) is 17.3. The predicted molar refractivity (Wildman–Crippen MR) is 222 cm³/mol. The summed E-state index contributed by atoms with van der Waals surface area (Å²) in [6.45, 7) is 29.2. The van der Waals surface area contributed by atoms with Crippen molar-refractivity contribution in [3.63, 3.8) is 0 Å². The van der Waals surface area contributed by atoms with Crippen molar-refractivity contribution in [3.05, 3.63) is 97.4 Å². The summed E-state index contributed by atoms with van der Waals surface area (Å²) in [7, 11) is 0. The van der Waals surface area contributed by atoms with Crippen LogP contribution in [0.15, 0.2) is 68.7 Å². The molecular formula is C37H80N14. The van der Waals surface area contributed by atoms with Crippen LogP contribution >= 0.6 is 0 Å². The first-order valence-electron chi connectivity index (χ1n) is 15.1. The standard InChI is InChI=1S/C5H6N2.4C4H5N3.5C2H6.6CH4/c1-5-4-6-2-3-7-5;1-4-6-2-5-3-7-4;1-4-2-6-7-3-5-4;1-4-2-5-3-6-7-4;1-4-5-2-3-6-7-4;5*1-2;;;;;;/h2-4H,1H3;4*2-3H,1H3;5*1-2H3;6*1H4. The van der Waals surface area contributed by atoms with E-state index in [0.717, 1.165) is 22.9 Å². The average Bonchev–Trinajstić information content (AvgIpc) is 3.12. The molecule has 14 nitrogen and oxygen atoms in total. The molecular weight excluding hydrogens is 641 g/mol. The molecule has 0 fully saturated rings. The number of hydrogen-bond acceptors (Lipinski definition) is 14. The van der Waals surface area contributed by atoms with Crippen LogP contribution in [0.1, 0.15) is 143 Å². The maximum atomic E-state index is 3.92. The van der Waals surface area contributed by atoms with Crippen LogP contribution in [-0.2, 0) is 0 Å². The van der Waals surface area contributed by atoms with E-state index in [1.54, 1.807) is 50.3 Å². The van der Waals surface area contributed by atoms with Crippen LogP contribution in [0.4, 0.5) is 0 Å². The third kappa shape index (κ3) is 68.0. The fourth-order valence-electron chi connectivity index (χ4n) is 1.59. The van der Waals surface area contributed by atoms with Crippen molar-refractivity contribution in [2.45, 2.75) is 148 Å². The summed E-state index contributed by atoms with van der Waals surface area (Å²) >= 11 is 0. The number of nitrogens with zero attached hydrogens (tertiary/aromatic N) is 14. The van der Waals surface area contributed by atoms with E-state index in [0.29, 0.717) is 5.82 Å². The van der Waals surface area contributed by atoms with E-state index in [4.69, 9.17) is 0 Å². The van der Waals surface area contributed by atoms with E-state index in [-0.39, 0.29) is 44.6 Å². The number of aromatic nitrogens is 14. The van der Waals surface area contributed by atoms with Crippen LogP contribution in [0, 0.1) is 34.6 Å². The zero-order chi connectivity index (χ0) is 35.6.